The van der Waals surface area contributed by atoms with Gasteiger partial charge in [-0.2, -0.15) is 0 Å². The summed E-state index contributed by atoms with van der Waals surface area (Å²) in [5.74, 6) is 0. The van der Waals surface area contributed by atoms with Gasteiger partial charge in [0, 0.05) is 16.2 Å². The van der Waals surface area contributed by atoms with Gasteiger partial charge in [-0.15, -0.1) is 0 Å². The van der Waals surface area contributed by atoms with E-state index in [0.717, 1.165) is 54.6 Å². The quantitative estimate of drug-likeness (QED) is 0.183. The topological polar surface area (TPSA) is 13.1 Å². The van der Waals surface area contributed by atoms with E-state index in [1.54, 1.807) is 0 Å². The first-order chi connectivity index (χ1) is 26.6. The minimum atomic E-state index is -0.423. The van der Waals surface area contributed by atoms with Crippen molar-refractivity contribution in [2.45, 2.75) is 0 Å². The second-order valence-electron chi connectivity index (χ2n) is 11.9. The summed E-state index contributed by atoms with van der Waals surface area (Å²) in [5.41, 5.74) is 5.25. The van der Waals surface area contributed by atoms with E-state index in [4.69, 9.17) is 9.90 Å². The third-order valence-electron chi connectivity index (χ3n) is 9.28. The second-order valence-corrected chi connectivity index (χ2v) is 11.9. The molecule has 10 aromatic rings. The van der Waals surface area contributed by atoms with E-state index in [1.165, 1.54) is 0 Å². The molecule has 10 rings (SSSR count). The monoisotopic (exact) mass is 604 g/mol. The third-order valence-corrected chi connectivity index (χ3v) is 9.28. The minimum absolute atomic E-state index is 0.193. The van der Waals surface area contributed by atoms with Gasteiger partial charge in [0.15, 0.2) is 0 Å². The fourth-order valence-electron chi connectivity index (χ4n) is 7.06. The first-order valence-corrected chi connectivity index (χ1v) is 15.5. The first-order valence-electron chi connectivity index (χ1n) is 19.5. The Morgan fingerprint density at radius 3 is 1.64 bits per heavy atom. The zero-order valence-corrected chi connectivity index (χ0v) is 25.0. The summed E-state index contributed by atoms with van der Waals surface area (Å²) in [6.45, 7) is 0. The molecule has 0 amide bonds. The van der Waals surface area contributed by atoms with Crippen LogP contribution in [0.25, 0.3) is 98.4 Å². The summed E-state index contributed by atoms with van der Waals surface area (Å²) in [6.07, 6.45) is 0. The van der Waals surface area contributed by atoms with Gasteiger partial charge in [0.25, 0.3) is 0 Å². The minimum Gasteiger partial charge on any atom is -0.455 e. The van der Waals surface area contributed by atoms with Crippen molar-refractivity contribution in [3.05, 3.63) is 170 Å². The number of fused-ring (bicyclic) bond motifs is 8. The molecule has 1 heteroatoms. The molecule has 0 spiro atoms. The van der Waals surface area contributed by atoms with Crippen molar-refractivity contribution in [2.24, 2.45) is 0 Å². The maximum atomic E-state index is 9.26. The van der Waals surface area contributed by atoms with Gasteiger partial charge in [0.05, 0.1) is 11.0 Å². The number of hydrogen-bond acceptors (Lipinski definition) is 1. The molecule has 218 valence electrons. The van der Waals surface area contributed by atoms with Crippen LogP contribution in [0.2, 0.25) is 0 Å². The van der Waals surface area contributed by atoms with E-state index in [-0.39, 0.29) is 45.7 Å². The van der Waals surface area contributed by atoms with Gasteiger partial charge in [-0.3, -0.25) is 0 Å². The number of benzene rings is 9. The fraction of sp³-hybridized carbons (Fsp3) is 0. The number of hydrogen-bond donors (Lipinski definition) is 0. The van der Waals surface area contributed by atoms with E-state index in [0.29, 0.717) is 22.3 Å². The van der Waals surface area contributed by atoms with Crippen LogP contribution in [-0.2, 0) is 0 Å². The molecule has 0 fully saturated rings. The highest BCUT2D eigenvalue weighted by molar-refractivity contribution is 6.22. The number of rotatable bonds is 3. The zero-order valence-electron chi connectivity index (χ0n) is 33.0. The maximum Gasteiger partial charge on any atom is 0.143 e. The Kier molecular flexibility index (Phi) is 4.19. The first kappa shape index (κ1) is 19.4. The Balaban J connectivity index is 1.25. The second kappa shape index (κ2) is 10.2. The van der Waals surface area contributed by atoms with E-state index in [2.05, 4.69) is 30.3 Å². The molecular weight excluding hydrogens is 569 g/mol. The van der Waals surface area contributed by atoms with E-state index in [9.17, 15) is 5.48 Å². The van der Waals surface area contributed by atoms with Crippen LogP contribution in [0.15, 0.2) is 174 Å². The zero-order chi connectivity index (χ0) is 37.9. The highest BCUT2D eigenvalue weighted by atomic mass is 16.3. The van der Waals surface area contributed by atoms with Crippen molar-refractivity contribution in [2.75, 3.05) is 0 Å². The Morgan fingerprint density at radius 1 is 0.362 bits per heavy atom. The van der Waals surface area contributed by atoms with Crippen LogP contribution in [0.4, 0.5) is 0 Å². The van der Waals surface area contributed by atoms with Crippen LogP contribution in [-0.4, -0.2) is 0 Å². The molecule has 1 aromatic heterocycles. The van der Waals surface area contributed by atoms with Gasteiger partial charge in [-0.25, -0.2) is 0 Å². The molecule has 0 N–H and O–H groups in total. The van der Waals surface area contributed by atoms with Gasteiger partial charge < -0.3 is 4.42 Å². The third kappa shape index (κ3) is 4.03. The summed E-state index contributed by atoms with van der Waals surface area (Å²) >= 11 is 0. The highest BCUT2D eigenvalue weighted by Crippen LogP contribution is 2.44. The molecule has 0 aliphatic rings. The van der Waals surface area contributed by atoms with Gasteiger partial charge in [-0.1, -0.05) is 145 Å². The van der Waals surface area contributed by atoms with Crippen LogP contribution >= 0.6 is 0 Å². The van der Waals surface area contributed by atoms with Gasteiger partial charge in [-0.05, 0) is 95.3 Å². The lowest BCUT2D eigenvalue weighted by atomic mass is 9.85. The van der Waals surface area contributed by atoms with Crippen molar-refractivity contribution in [1.29, 1.82) is 0 Å². The fourth-order valence-corrected chi connectivity index (χ4v) is 7.06. The molecule has 0 aliphatic carbocycles. The maximum absolute atomic E-state index is 9.26. The molecule has 1 nitrogen and oxygen atoms in total. The molecule has 1 heterocycles. The lowest BCUT2D eigenvalue weighted by Crippen LogP contribution is -1.91. The molecule has 0 atom stereocenters. The normalized spacial score (nSPS) is 14.2. The molecule has 0 aliphatic heterocycles. The molecule has 0 saturated heterocycles. The predicted octanol–water partition coefficient (Wildman–Crippen LogP) is 13.2. The molecule has 0 radical (unpaired) electrons. The van der Waals surface area contributed by atoms with Crippen LogP contribution in [0.3, 0.4) is 0 Å². The van der Waals surface area contributed by atoms with Crippen molar-refractivity contribution in [3.8, 4) is 33.4 Å². The Hall–Kier alpha value is -6.18. The van der Waals surface area contributed by atoms with Gasteiger partial charge >= 0.3 is 0 Å². The summed E-state index contributed by atoms with van der Waals surface area (Å²) in [5, 5.41) is 6.78. The average molecular weight is 605 g/mol. The Bertz CT molecular complexity index is 3210. The standard InChI is InChI=1S/C46H28O/c1-2-11-33-27-35(22-19-29(33)9-1)45-39-15-7-5-13-37(39)44(38-14-6-8-16-40(38)45)32-20-17-30(18-21-32)34-24-26-43-42(28-34)41-25-23-31-10-3-4-12-36(31)46(41)47-43/h1-28H/i5D,6D,7D,8D,13D,14D,15D,16D. The van der Waals surface area contributed by atoms with Crippen LogP contribution in [0, 0.1) is 0 Å². The summed E-state index contributed by atoms with van der Waals surface area (Å²) in [6, 6.07) is 36.5. The summed E-state index contributed by atoms with van der Waals surface area (Å²) in [4.78, 5) is 0. The molecular formula is C46H28O. The SMILES string of the molecule is [2H]c1c([2H])c([2H])c2c(-c3ccc4ccccc4c3)c3c([2H])c([2H])c([2H])c([2H])c3c(-c3ccc(-c4ccc5oc6c7ccccc7ccc6c5c4)cc3)c2c1[2H]. The van der Waals surface area contributed by atoms with Crippen LogP contribution in [0.1, 0.15) is 11.0 Å². The van der Waals surface area contributed by atoms with Crippen LogP contribution < -0.4 is 0 Å². The lowest BCUT2D eigenvalue weighted by molar-refractivity contribution is 0.672. The molecule has 9 aromatic carbocycles. The van der Waals surface area contributed by atoms with E-state index in [1.807, 2.05) is 91.0 Å². The smallest absolute Gasteiger partial charge is 0.143 e. The van der Waals surface area contributed by atoms with Crippen molar-refractivity contribution in [3.63, 3.8) is 0 Å². The molecule has 47 heavy (non-hydrogen) atoms. The largest absolute Gasteiger partial charge is 0.455 e. The molecule has 0 saturated carbocycles. The lowest BCUT2D eigenvalue weighted by Gasteiger charge is -2.18. The van der Waals surface area contributed by atoms with Crippen molar-refractivity contribution >= 4 is 65.0 Å². The Morgan fingerprint density at radius 2 is 0.915 bits per heavy atom. The van der Waals surface area contributed by atoms with Crippen molar-refractivity contribution < 1.29 is 15.4 Å². The average Bonchev–Trinajstić information content (AvgIpc) is 3.61. The Labute approximate surface area is 283 Å². The van der Waals surface area contributed by atoms with Crippen LogP contribution in [0.5, 0.6) is 0 Å². The van der Waals surface area contributed by atoms with Crippen molar-refractivity contribution in [1.82, 2.24) is 0 Å². The molecule has 0 unspecified atom stereocenters. The van der Waals surface area contributed by atoms with Gasteiger partial charge in [0.2, 0.25) is 0 Å². The van der Waals surface area contributed by atoms with E-state index >= 15 is 0 Å². The summed E-state index contributed by atoms with van der Waals surface area (Å²) in [7, 11) is 0. The van der Waals surface area contributed by atoms with Gasteiger partial charge in [0.1, 0.15) is 11.2 Å². The predicted molar refractivity (Wildman–Crippen MR) is 200 cm³/mol. The number of furan rings is 1. The summed E-state index contributed by atoms with van der Waals surface area (Å²) < 4.78 is 78.3. The highest BCUT2D eigenvalue weighted by Gasteiger charge is 2.17. The molecule has 0 bridgehead atoms. The van der Waals surface area contributed by atoms with E-state index < -0.39 is 24.2 Å².